The van der Waals surface area contributed by atoms with Crippen molar-refractivity contribution in [2.75, 3.05) is 0 Å². The Morgan fingerprint density at radius 3 is 2.38 bits per heavy atom. The van der Waals surface area contributed by atoms with Gasteiger partial charge in [0.2, 0.25) is 0 Å². The van der Waals surface area contributed by atoms with Gasteiger partial charge < -0.3 is 15.3 Å². The Balaban J connectivity index is 2.27. The minimum atomic E-state index is -1.06. The van der Waals surface area contributed by atoms with Crippen molar-refractivity contribution in [3.8, 4) is 11.5 Å². The standard InChI is InChI=1S/C17H16O4/c18-15-10-7-13(8-11-16(19)20)14(17(15)21)9-6-12-4-2-1-3-5-12/h1-5,7-8,10-11,18,21H,6,9H2,(H,19,20). The third kappa shape index (κ3) is 3.86. The molecule has 0 bridgehead atoms. The fourth-order valence-electron chi connectivity index (χ4n) is 2.13. The number of aliphatic carboxylic acids is 1. The number of carboxylic acids is 1. The number of aryl methyl sites for hydroxylation is 1. The van der Waals surface area contributed by atoms with Crippen molar-refractivity contribution in [1.29, 1.82) is 0 Å². The van der Waals surface area contributed by atoms with E-state index in [1.54, 1.807) is 6.07 Å². The van der Waals surface area contributed by atoms with E-state index in [4.69, 9.17) is 5.11 Å². The van der Waals surface area contributed by atoms with Gasteiger partial charge in [-0.3, -0.25) is 0 Å². The van der Waals surface area contributed by atoms with Crippen LogP contribution in [0.25, 0.3) is 6.08 Å². The average molecular weight is 284 g/mol. The van der Waals surface area contributed by atoms with Crippen LogP contribution in [-0.2, 0) is 17.6 Å². The van der Waals surface area contributed by atoms with Crippen LogP contribution in [0.15, 0.2) is 48.5 Å². The fraction of sp³-hybridized carbons (Fsp3) is 0.118. The molecule has 108 valence electrons. The number of carboxylic acid groups (broad SMARTS) is 1. The lowest BCUT2D eigenvalue weighted by Gasteiger charge is -2.10. The van der Waals surface area contributed by atoms with E-state index in [1.807, 2.05) is 30.3 Å². The van der Waals surface area contributed by atoms with E-state index in [2.05, 4.69) is 0 Å². The molecular weight excluding hydrogens is 268 g/mol. The molecule has 0 amide bonds. The van der Waals surface area contributed by atoms with Crippen LogP contribution < -0.4 is 0 Å². The first kappa shape index (κ1) is 14.7. The molecule has 2 rings (SSSR count). The minimum absolute atomic E-state index is 0.196. The van der Waals surface area contributed by atoms with Crippen LogP contribution in [-0.4, -0.2) is 21.3 Å². The summed E-state index contributed by atoms with van der Waals surface area (Å²) in [6.07, 6.45) is 3.62. The Kier molecular flexibility index (Phi) is 4.61. The van der Waals surface area contributed by atoms with E-state index in [0.29, 0.717) is 24.0 Å². The summed E-state index contributed by atoms with van der Waals surface area (Å²) in [6, 6.07) is 12.7. The van der Waals surface area contributed by atoms with Crippen LogP contribution in [0.3, 0.4) is 0 Å². The maximum absolute atomic E-state index is 10.6. The molecule has 0 spiro atoms. The van der Waals surface area contributed by atoms with E-state index in [-0.39, 0.29) is 11.5 Å². The molecule has 0 fully saturated rings. The molecule has 3 N–H and O–H groups in total. The smallest absolute Gasteiger partial charge is 0.328 e. The minimum Gasteiger partial charge on any atom is -0.504 e. The molecule has 0 aliphatic carbocycles. The Morgan fingerprint density at radius 1 is 1.00 bits per heavy atom. The van der Waals surface area contributed by atoms with E-state index in [0.717, 1.165) is 11.6 Å². The highest BCUT2D eigenvalue weighted by molar-refractivity contribution is 5.85. The SMILES string of the molecule is O=C(O)C=Cc1ccc(O)c(O)c1CCc1ccccc1. The van der Waals surface area contributed by atoms with Crippen LogP contribution in [0.5, 0.6) is 11.5 Å². The molecule has 0 aliphatic heterocycles. The maximum Gasteiger partial charge on any atom is 0.328 e. The van der Waals surface area contributed by atoms with Crippen LogP contribution in [0, 0.1) is 0 Å². The average Bonchev–Trinajstić information content (AvgIpc) is 2.48. The van der Waals surface area contributed by atoms with E-state index in [1.165, 1.54) is 12.1 Å². The van der Waals surface area contributed by atoms with Crippen LogP contribution >= 0.6 is 0 Å². The largest absolute Gasteiger partial charge is 0.504 e. The summed E-state index contributed by atoms with van der Waals surface area (Å²) in [4.78, 5) is 10.6. The molecule has 4 nitrogen and oxygen atoms in total. The summed E-state index contributed by atoms with van der Waals surface area (Å²) >= 11 is 0. The first-order chi connectivity index (χ1) is 10.1. The topological polar surface area (TPSA) is 77.8 Å². The summed E-state index contributed by atoms with van der Waals surface area (Å²) in [5.41, 5.74) is 2.23. The molecule has 21 heavy (non-hydrogen) atoms. The van der Waals surface area contributed by atoms with Crippen molar-refractivity contribution in [3.63, 3.8) is 0 Å². The first-order valence-electron chi connectivity index (χ1n) is 6.56. The summed E-state index contributed by atoms with van der Waals surface area (Å²) in [5.74, 6) is -1.46. The summed E-state index contributed by atoms with van der Waals surface area (Å²) in [6.45, 7) is 0. The number of rotatable bonds is 5. The Labute approximate surface area is 122 Å². The van der Waals surface area contributed by atoms with Crippen molar-refractivity contribution in [2.45, 2.75) is 12.8 Å². The molecule has 4 heteroatoms. The third-order valence-corrected chi connectivity index (χ3v) is 3.21. The number of aromatic hydroxyl groups is 2. The molecule has 0 aliphatic rings. The Hall–Kier alpha value is -2.75. The van der Waals surface area contributed by atoms with Gasteiger partial charge in [-0.05, 0) is 36.1 Å². The maximum atomic E-state index is 10.6. The lowest BCUT2D eigenvalue weighted by atomic mass is 9.98. The molecule has 0 heterocycles. The van der Waals surface area contributed by atoms with Crippen LogP contribution in [0.4, 0.5) is 0 Å². The van der Waals surface area contributed by atoms with E-state index >= 15 is 0 Å². The molecule has 2 aromatic rings. The molecular formula is C17H16O4. The van der Waals surface area contributed by atoms with Crippen LogP contribution in [0.2, 0.25) is 0 Å². The highest BCUT2D eigenvalue weighted by atomic mass is 16.4. The first-order valence-corrected chi connectivity index (χ1v) is 6.56. The molecule has 2 aromatic carbocycles. The molecule has 0 atom stereocenters. The summed E-state index contributed by atoms with van der Waals surface area (Å²) in [5, 5.41) is 28.3. The Bertz CT molecular complexity index is 660. The number of phenolic OH excluding ortho intramolecular Hbond substituents is 2. The number of carbonyl (C=O) groups is 1. The zero-order valence-corrected chi connectivity index (χ0v) is 11.4. The lowest BCUT2D eigenvalue weighted by Crippen LogP contribution is -1.96. The second kappa shape index (κ2) is 6.61. The van der Waals surface area contributed by atoms with Gasteiger partial charge in [-0.15, -0.1) is 0 Å². The zero-order chi connectivity index (χ0) is 15.2. The molecule has 0 saturated heterocycles. The van der Waals surface area contributed by atoms with Crippen molar-refractivity contribution < 1.29 is 20.1 Å². The number of hydrogen-bond acceptors (Lipinski definition) is 3. The van der Waals surface area contributed by atoms with Crippen molar-refractivity contribution in [1.82, 2.24) is 0 Å². The van der Waals surface area contributed by atoms with Crippen LogP contribution in [0.1, 0.15) is 16.7 Å². The van der Waals surface area contributed by atoms with Crippen molar-refractivity contribution in [2.24, 2.45) is 0 Å². The van der Waals surface area contributed by atoms with Gasteiger partial charge in [-0.1, -0.05) is 36.4 Å². The normalized spacial score (nSPS) is 10.9. The highest BCUT2D eigenvalue weighted by Crippen LogP contribution is 2.33. The predicted octanol–water partition coefficient (Wildman–Crippen LogP) is 2.98. The van der Waals surface area contributed by atoms with Crippen molar-refractivity contribution in [3.05, 3.63) is 65.2 Å². The van der Waals surface area contributed by atoms with E-state index < -0.39 is 5.97 Å². The lowest BCUT2D eigenvalue weighted by molar-refractivity contribution is -0.131. The second-order valence-corrected chi connectivity index (χ2v) is 4.66. The van der Waals surface area contributed by atoms with Gasteiger partial charge in [0.25, 0.3) is 0 Å². The van der Waals surface area contributed by atoms with Gasteiger partial charge in [-0.2, -0.15) is 0 Å². The molecule has 0 aromatic heterocycles. The molecule has 0 radical (unpaired) electrons. The van der Waals surface area contributed by atoms with Gasteiger partial charge in [-0.25, -0.2) is 4.79 Å². The number of benzene rings is 2. The van der Waals surface area contributed by atoms with Gasteiger partial charge in [0.15, 0.2) is 11.5 Å². The molecule has 0 unspecified atom stereocenters. The third-order valence-electron chi connectivity index (χ3n) is 3.21. The van der Waals surface area contributed by atoms with E-state index in [9.17, 15) is 15.0 Å². The second-order valence-electron chi connectivity index (χ2n) is 4.66. The number of phenols is 2. The summed E-state index contributed by atoms with van der Waals surface area (Å²) in [7, 11) is 0. The highest BCUT2D eigenvalue weighted by Gasteiger charge is 2.11. The monoisotopic (exact) mass is 284 g/mol. The fourth-order valence-corrected chi connectivity index (χ4v) is 2.13. The summed E-state index contributed by atoms with van der Waals surface area (Å²) < 4.78 is 0. The van der Waals surface area contributed by atoms with Gasteiger partial charge in [0, 0.05) is 11.6 Å². The molecule has 0 saturated carbocycles. The number of hydrogen-bond donors (Lipinski definition) is 3. The quantitative estimate of drug-likeness (QED) is 0.582. The zero-order valence-electron chi connectivity index (χ0n) is 11.4. The van der Waals surface area contributed by atoms with Crippen molar-refractivity contribution >= 4 is 12.0 Å². The Morgan fingerprint density at radius 2 is 1.71 bits per heavy atom. The van der Waals surface area contributed by atoms with Gasteiger partial charge >= 0.3 is 5.97 Å². The van der Waals surface area contributed by atoms with Gasteiger partial charge in [0.05, 0.1) is 0 Å². The predicted molar refractivity (Wildman–Crippen MR) is 80.3 cm³/mol. The van der Waals surface area contributed by atoms with Gasteiger partial charge in [0.1, 0.15) is 0 Å².